The molecule has 0 bridgehead atoms. The molecule has 1 aliphatic carbocycles. The molecule has 0 unspecified atom stereocenters. The summed E-state index contributed by atoms with van der Waals surface area (Å²) in [6.07, 6.45) is 2.38. The molecule has 61 heavy (non-hydrogen) atoms. The first-order valence-corrected chi connectivity index (χ1v) is 24.1. The van der Waals surface area contributed by atoms with Crippen LogP contribution in [-0.2, 0) is 10.8 Å². The normalized spacial score (nSPS) is 16.5. The summed E-state index contributed by atoms with van der Waals surface area (Å²) in [7, 11) is 0. The van der Waals surface area contributed by atoms with Gasteiger partial charge in [0.05, 0.1) is 21.4 Å². The van der Waals surface area contributed by atoms with E-state index < -0.39 is 0 Å². The van der Waals surface area contributed by atoms with Crippen LogP contribution >= 0.6 is 34.9 Å². The Morgan fingerprint density at radius 1 is 0.557 bits per heavy atom. The highest BCUT2D eigenvalue weighted by molar-refractivity contribution is 8.05. The highest BCUT2D eigenvalue weighted by atomic mass is 32.2. The zero-order valence-corrected chi connectivity index (χ0v) is 37.3. The van der Waals surface area contributed by atoms with E-state index in [9.17, 15) is 0 Å². The number of aryl methyl sites for hydroxylation is 1. The molecule has 10 aromatic rings. The minimum absolute atomic E-state index is 0.0370. The van der Waals surface area contributed by atoms with Gasteiger partial charge in [0.15, 0.2) is 0 Å². The van der Waals surface area contributed by atoms with Crippen LogP contribution in [0.5, 0.6) is 0 Å². The van der Waals surface area contributed by atoms with E-state index in [1.54, 1.807) is 0 Å². The van der Waals surface area contributed by atoms with Crippen LogP contribution in [0.25, 0.3) is 69.6 Å². The van der Waals surface area contributed by atoms with E-state index in [1.165, 1.54) is 141 Å². The number of hydrogen-bond acceptors (Lipinski definition) is 4. The van der Waals surface area contributed by atoms with Crippen LogP contribution in [0.2, 0.25) is 0 Å². The third-order valence-electron chi connectivity index (χ3n) is 14.7. The van der Waals surface area contributed by atoms with Crippen molar-refractivity contribution >= 4 is 117 Å². The van der Waals surface area contributed by atoms with Crippen molar-refractivity contribution in [2.24, 2.45) is 0 Å². The Morgan fingerprint density at radius 2 is 1.23 bits per heavy atom. The number of aromatic nitrogens is 1. The van der Waals surface area contributed by atoms with Crippen molar-refractivity contribution < 1.29 is 0 Å². The molecule has 0 atom stereocenters. The predicted molar refractivity (Wildman–Crippen MR) is 265 cm³/mol. The van der Waals surface area contributed by atoms with E-state index in [-0.39, 0.29) is 17.7 Å². The van der Waals surface area contributed by atoms with Gasteiger partial charge < -0.3 is 9.38 Å². The lowest BCUT2D eigenvalue weighted by molar-refractivity contribution is 0.332. The zero-order chi connectivity index (χ0) is 40.7. The summed E-state index contributed by atoms with van der Waals surface area (Å²) >= 11 is 5.82. The Hall–Kier alpha value is -5.40. The van der Waals surface area contributed by atoms with Crippen LogP contribution < -0.4 is 15.7 Å². The van der Waals surface area contributed by atoms with Crippen LogP contribution in [0.3, 0.4) is 0 Å². The molecule has 0 radical (unpaired) electrons. The Labute approximate surface area is 368 Å². The number of fused-ring (bicyclic) bond motifs is 15. The lowest BCUT2D eigenvalue weighted by Gasteiger charge is -2.46. The number of hydrogen-bond donors (Lipinski definition) is 0. The molecule has 0 saturated carbocycles. The predicted octanol–water partition coefficient (Wildman–Crippen LogP) is 14.8. The standard InChI is InChI=1S/C55H41BN2S3/c1-30-23-39-40(55(4,5)22-21-54(39,2)3)28-42(30)58-44-29-49-48(59-46-19-10-11-20-47(46)60-49)27-36(44)37-26-38-33-15-8-9-18-45(33)61-53(38)52-50(37)56(58)41-17-12-16-34-35-24-31-13-6-7-14-32(31)25-43(35)57(52)51(34)41/h6-20,23-29H,21-22H2,1-5H3. The number of thiophene rings is 1. The number of rotatable bonds is 1. The molecule has 0 spiro atoms. The molecule has 4 aliphatic rings. The van der Waals surface area contributed by atoms with Gasteiger partial charge in [0, 0.05) is 62.8 Å². The minimum Gasteiger partial charge on any atom is -0.376 e. The van der Waals surface area contributed by atoms with Crippen molar-refractivity contribution in [1.29, 1.82) is 0 Å². The molecule has 5 heterocycles. The lowest BCUT2D eigenvalue weighted by atomic mass is 9.43. The molecule has 2 nitrogen and oxygen atoms in total. The molecule has 0 amide bonds. The van der Waals surface area contributed by atoms with Crippen LogP contribution in [0.4, 0.5) is 11.4 Å². The van der Waals surface area contributed by atoms with Gasteiger partial charge in [-0.05, 0) is 129 Å². The van der Waals surface area contributed by atoms with E-state index in [4.69, 9.17) is 0 Å². The van der Waals surface area contributed by atoms with Crippen molar-refractivity contribution in [2.45, 2.75) is 77.9 Å². The zero-order valence-electron chi connectivity index (χ0n) is 34.8. The SMILES string of the molecule is Cc1cc2c(cc1N1B3c4c(cc5c(sc6ccccc65)c4-n4c5cc6ccccc6cc5c5cccc3c54)-c3cc4c(cc31)Sc1ccccc1S4)C(C)(C)CCC2(C)C. The van der Waals surface area contributed by atoms with Crippen LogP contribution in [0.15, 0.2) is 153 Å². The summed E-state index contributed by atoms with van der Waals surface area (Å²) in [6, 6.07) is 51.8. The molecule has 14 rings (SSSR count). The average molecular weight is 837 g/mol. The fraction of sp³-hybridized carbons (Fsp3) is 0.164. The number of benzene rings is 8. The summed E-state index contributed by atoms with van der Waals surface area (Å²) in [5, 5.41) is 7.89. The van der Waals surface area contributed by atoms with Crippen LogP contribution in [0.1, 0.15) is 57.2 Å². The van der Waals surface area contributed by atoms with E-state index in [0.29, 0.717) is 0 Å². The maximum absolute atomic E-state index is 2.80. The first kappa shape index (κ1) is 35.2. The highest BCUT2D eigenvalue weighted by Crippen LogP contribution is 2.56. The van der Waals surface area contributed by atoms with E-state index in [2.05, 4.69) is 177 Å². The van der Waals surface area contributed by atoms with Gasteiger partial charge in [-0.15, -0.1) is 11.3 Å². The first-order valence-electron chi connectivity index (χ1n) is 21.7. The number of nitrogens with zero attached hydrogens (tertiary/aromatic N) is 2. The molecule has 292 valence electrons. The molecular formula is C55H41BN2S3. The largest absolute Gasteiger partial charge is 0.376 e. The lowest BCUT2D eigenvalue weighted by Crippen LogP contribution is -2.60. The van der Waals surface area contributed by atoms with Crippen molar-refractivity contribution in [3.05, 3.63) is 150 Å². The van der Waals surface area contributed by atoms with E-state index >= 15 is 0 Å². The van der Waals surface area contributed by atoms with Crippen LogP contribution in [0, 0.1) is 6.92 Å². The third-order valence-corrected chi connectivity index (χ3v) is 18.5. The Bertz CT molecular complexity index is 3640. The summed E-state index contributed by atoms with van der Waals surface area (Å²) < 4.78 is 5.40. The fourth-order valence-corrected chi connectivity index (χ4v) is 15.1. The third kappa shape index (κ3) is 4.63. The minimum atomic E-state index is -0.0370. The topological polar surface area (TPSA) is 8.17 Å². The number of para-hydroxylation sites is 1. The highest BCUT2D eigenvalue weighted by Gasteiger charge is 2.47. The smallest absolute Gasteiger partial charge is 0.333 e. The molecule has 8 aromatic carbocycles. The molecule has 0 fully saturated rings. The Morgan fingerprint density at radius 3 is 2.02 bits per heavy atom. The quantitative estimate of drug-likeness (QED) is 0.152. The Balaban J connectivity index is 1.17. The van der Waals surface area contributed by atoms with Gasteiger partial charge in [0.25, 0.3) is 0 Å². The Kier molecular flexibility index (Phi) is 6.90. The van der Waals surface area contributed by atoms with Gasteiger partial charge in [0.2, 0.25) is 0 Å². The summed E-state index contributed by atoms with van der Waals surface area (Å²) in [6.45, 7) is 12.2. The van der Waals surface area contributed by atoms with Gasteiger partial charge >= 0.3 is 6.85 Å². The average Bonchev–Trinajstić information content (AvgIpc) is 3.80. The second-order valence-electron chi connectivity index (χ2n) is 19.1. The van der Waals surface area contributed by atoms with Gasteiger partial charge in [0.1, 0.15) is 0 Å². The second-order valence-corrected chi connectivity index (χ2v) is 22.4. The van der Waals surface area contributed by atoms with Gasteiger partial charge in [-0.3, -0.25) is 0 Å². The maximum atomic E-state index is 2.80. The van der Waals surface area contributed by atoms with Crippen molar-refractivity contribution in [3.8, 4) is 16.8 Å². The monoisotopic (exact) mass is 836 g/mol. The fourth-order valence-electron chi connectivity index (χ4n) is 11.6. The number of anilines is 2. The van der Waals surface area contributed by atoms with E-state index in [1.807, 2.05) is 34.9 Å². The van der Waals surface area contributed by atoms with Gasteiger partial charge in [-0.2, -0.15) is 0 Å². The molecular weight excluding hydrogens is 796 g/mol. The molecule has 6 heteroatoms. The summed E-state index contributed by atoms with van der Waals surface area (Å²) in [5.41, 5.74) is 16.6. The summed E-state index contributed by atoms with van der Waals surface area (Å²) in [5.74, 6) is 0. The molecule has 3 aliphatic heterocycles. The molecule has 0 saturated heterocycles. The maximum Gasteiger partial charge on any atom is 0.333 e. The van der Waals surface area contributed by atoms with Gasteiger partial charge in [-0.1, -0.05) is 130 Å². The summed E-state index contributed by atoms with van der Waals surface area (Å²) in [4.78, 5) is 8.15. The van der Waals surface area contributed by atoms with E-state index in [0.717, 1.165) is 0 Å². The first-order chi connectivity index (χ1) is 29.6. The second kappa shape index (κ2) is 11.9. The van der Waals surface area contributed by atoms with Crippen LogP contribution in [-0.4, -0.2) is 11.4 Å². The van der Waals surface area contributed by atoms with Crippen molar-refractivity contribution in [2.75, 3.05) is 4.81 Å². The van der Waals surface area contributed by atoms with Crippen molar-refractivity contribution in [1.82, 2.24) is 4.57 Å². The van der Waals surface area contributed by atoms with Crippen molar-refractivity contribution in [3.63, 3.8) is 0 Å². The van der Waals surface area contributed by atoms with Gasteiger partial charge in [-0.25, -0.2) is 0 Å². The molecule has 2 aromatic heterocycles. The molecule has 0 N–H and O–H groups in total.